The maximum absolute atomic E-state index is 12.3. The molecule has 0 spiro atoms. The van der Waals surface area contributed by atoms with Crippen molar-refractivity contribution < 1.29 is 13.2 Å². The summed E-state index contributed by atoms with van der Waals surface area (Å²) in [6, 6.07) is 13.1. The van der Waals surface area contributed by atoms with E-state index < -0.39 is 10.0 Å². The van der Waals surface area contributed by atoms with Crippen LogP contribution in [0.3, 0.4) is 0 Å². The van der Waals surface area contributed by atoms with E-state index in [0.29, 0.717) is 12.5 Å². The molecule has 0 amide bonds. The largest absolute Gasteiger partial charge is 0.493 e. The number of aliphatic imine (C=N–C) groups is 1. The number of ether oxygens (including phenoxy) is 1. The standard InChI is InChI=1S/C21H28N4O3S.HI/c1-16-3-6-19(7-4-16)29(26,27)25-13-12-24-21(22-2)23-11-9-17-5-8-20-18(15-17)10-14-28-20;/h3-8,15,25H,9-14H2,1-2H3,(H2,22,23,24);1H. The number of fused-ring (bicyclic) bond motifs is 1. The van der Waals surface area contributed by atoms with Crippen LogP contribution in [-0.4, -0.2) is 47.7 Å². The first-order valence-electron chi connectivity index (χ1n) is 9.73. The average Bonchev–Trinajstić information content (AvgIpc) is 3.18. The molecule has 1 aliphatic rings. The van der Waals surface area contributed by atoms with Gasteiger partial charge < -0.3 is 15.4 Å². The maximum atomic E-state index is 12.3. The predicted molar refractivity (Wildman–Crippen MR) is 130 cm³/mol. The molecule has 0 saturated carbocycles. The van der Waals surface area contributed by atoms with Crippen molar-refractivity contribution in [2.75, 3.05) is 33.3 Å². The minimum Gasteiger partial charge on any atom is -0.493 e. The Hall–Kier alpha value is -1.85. The molecule has 0 aliphatic carbocycles. The van der Waals surface area contributed by atoms with Crippen molar-refractivity contribution >= 4 is 40.0 Å². The normalized spacial score (nSPS) is 13.2. The van der Waals surface area contributed by atoms with Crippen LogP contribution in [-0.2, 0) is 22.9 Å². The molecule has 30 heavy (non-hydrogen) atoms. The quantitative estimate of drug-likeness (QED) is 0.205. The minimum atomic E-state index is -3.50. The summed E-state index contributed by atoms with van der Waals surface area (Å²) in [5, 5.41) is 6.37. The molecule has 2 aromatic rings. The smallest absolute Gasteiger partial charge is 0.240 e. The van der Waals surface area contributed by atoms with Crippen molar-refractivity contribution in [2.45, 2.75) is 24.7 Å². The van der Waals surface area contributed by atoms with Gasteiger partial charge in [0, 0.05) is 33.1 Å². The predicted octanol–water partition coefficient (Wildman–Crippen LogP) is 2.23. The lowest BCUT2D eigenvalue weighted by atomic mass is 10.1. The number of sulfonamides is 1. The highest BCUT2D eigenvalue weighted by Gasteiger charge is 2.13. The molecule has 0 aromatic heterocycles. The monoisotopic (exact) mass is 544 g/mol. The molecule has 0 radical (unpaired) electrons. The summed E-state index contributed by atoms with van der Waals surface area (Å²) in [6.07, 6.45) is 1.84. The molecule has 0 saturated heterocycles. The number of rotatable bonds is 8. The summed E-state index contributed by atoms with van der Waals surface area (Å²) in [4.78, 5) is 4.44. The summed E-state index contributed by atoms with van der Waals surface area (Å²) >= 11 is 0. The Balaban J connectivity index is 0.00000320. The van der Waals surface area contributed by atoms with E-state index in [1.807, 2.05) is 13.0 Å². The Morgan fingerprint density at radius 2 is 1.80 bits per heavy atom. The van der Waals surface area contributed by atoms with Crippen molar-refractivity contribution in [3.05, 3.63) is 59.2 Å². The number of aryl methyl sites for hydroxylation is 1. The fourth-order valence-corrected chi connectivity index (χ4v) is 4.14. The molecule has 3 N–H and O–H groups in total. The van der Waals surface area contributed by atoms with Gasteiger partial charge in [-0.1, -0.05) is 29.8 Å². The zero-order valence-electron chi connectivity index (χ0n) is 17.3. The minimum absolute atomic E-state index is 0. The SMILES string of the molecule is CN=C(NCCNS(=O)(=O)c1ccc(C)cc1)NCCc1ccc2c(c1)CCO2.I. The topological polar surface area (TPSA) is 91.8 Å². The van der Waals surface area contributed by atoms with E-state index in [-0.39, 0.29) is 35.4 Å². The van der Waals surface area contributed by atoms with E-state index in [2.05, 4.69) is 32.5 Å². The van der Waals surface area contributed by atoms with E-state index in [9.17, 15) is 8.42 Å². The lowest BCUT2D eigenvalue weighted by Crippen LogP contribution is -2.42. The molecule has 0 atom stereocenters. The van der Waals surface area contributed by atoms with Gasteiger partial charge >= 0.3 is 0 Å². The molecule has 0 bridgehead atoms. The summed E-state index contributed by atoms with van der Waals surface area (Å²) in [5.41, 5.74) is 3.54. The van der Waals surface area contributed by atoms with E-state index in [1.165, 1.54) is 11.1 Å². The van der Waals surface area contributed by atoms with Crippen LogP contribution >= 0.6 is 24.0 Å². The summed E-state index contributed by atoms with van der Waals surface area (Å²) in [6.45, 7) is 4.11. The van der Waals surface area contributed by atoms with E-state index in [0.717, 1.165) is 37.3 Å². The second-order valence-corrected chi connectivity index (χ2v) is 8.69. The Morgan fingerprint density at radius 1 is 1.07 bits per heavy atom. The zero-order valence-corrected chi connectivity index (χ0v) is 20.4. The molecular weight excluding hydrogens is 515 g/mol. The molecule has 0 unspecified atom stereocenters. The molecule has 3 rings (SSSR count). The van der Waals surface area contributed by atoms with Crippen LogP contribution < -0.4 is 20.1 Å². The third kappa shape index (κ3) is 6.85. The van der Waals surface area contributed by atoms with Gasteiger partial charge in [-0.25, -0.2) is 13.1 Å². The Morgan fingerprint density at radius 3 is 2.53 bits per heavy atom. The fraction of sp³-hybridized carbons (Fsp3) is 0.381. The summed E-state index contributed by atoms with van der Waals surface area (Å²) in [5.74, 6) is 1.64. The highest BCUT2D eigenvalue weighted by Crippen LogP contribution is 2.25. The second kappa shape index (κ2) is 11.5. The lowest BCUT2D eigenvalue weighted by molar-refractivity contribution is 0.357. The maximum Gasteiger partial charge on any atom is 0.240 e. The first-order chi connectivity index (χ1) is 14.0. The number of halogens is 1. The highest BCUT2D eigenvalue weighted by molar-refractivity contribution is 14.0. The molecule has 1 heterocycles. The Labute approximate surface area is 195 Å². The molecular formula is C21H29IN4O3S. The number of hydrogen-bond donors (Lipinski definition) is 3. The summed E-state index contributed by atoms with van der Waals surface area (Å²) < 4.78 is 32.7. The second-order valence-electron chi connectivity index (χ2n) is 6.93. The third-order valence-electron chi connectivity index (χ3n) is 4.72. The molecule has 7 nitrogen and oxygen atoms in total. The third-order valence-corrected chi connectivity index (χ3v) is 6.20. The van der Waals surface area contributed by atoms with Crippen LogP contribution in [0, 0.1) is 6.92 Å². The van der Waals surface area contributed by atoms with E-state index >= 15 is 0 Å². The van der Waals surface area contributed by atoms with Crippen molar-refractivity contribution in [1.82, 2.24) is 15.4 Å². The van der Waals surface area contributed by atoms with Gasteiger partial charge in [0.25, 0.3) is 0 Å². The van der Waals surface area contributed by atoms with Gasteiger partial charge in [0.1, 0.15) is 5.75 Å². The van der Waals surface area contributed by atoms with Gasteiger partial charge in [-0.15, -0.1) is 24.0 Å². The van der Waals surface area contributed by atoms with Crippen molar-refractivity contribution in [2.24, 2.45) is 4.99 Å². The molecule has 1 aliphatic heterocycles. The molecule has 0 fully saturated rings. The van der Waals surface area contributed by atoms with Gasteiger partial charge in [0.2, 0.25) is 10.0 Å². The molecule has 164 valence electrons. The first-order valence-corrected chi connectivity index (χ1v) is 11.2. The highest BCUT2D eigenvalue weighted by atomic mass is 127. The van der Waals surface area contributed by atoms with Gasteiger partial charge in [0.15, 0.2) is 5.96 Å². The van der Waals surface area contributed by atoms with Crippen LogP contribution in [0.2, 0.25) is 0 Å². The zero-order chi connectivity index (χ0) is 20.7. The van der Waals surface area contributed by atoms with Gasteiger partial charge in [-0.05, 0) is 42.7 Å². The number of nitrogens with one attached hydrogen (secondary N) is 3. The first kappa shape index (κ1) is 24.4. The lowest BCUT2D eigenvalue weighted by Gasteiger charge is -2.13. The van der Waals surface area contributed by atoms with Gasteiger partial charge in [0.05, 0.1) is 11.5 Å². The number of benzene rings is 2. The van der Waals surface area contributed by atoms with Crippen LogP contribution in [0.4, 0.5) is 0 Å². The van der Waals surface area contributed by atoms with Crippen LogP contribution in [0.15, 0.2) is 52.4 Å². The van der Waals surface area contributed by atoms with E-state index in [4.69, 9.17) is 4.74 Å². The number of guanidine groups is 1. The Bertz CT molecular complexity index is 963. The molecule has 2 aromatic carbocycles. The number of hydrogen-bond acceptors (Lipinski definition) is 4. The van der Waals surface area contributed by atoms with Crippen molar-refractivity contribution in [3.63, 3.8) is 0 Å². The number of nitrogens with zero attached hydrogens (tertiary/aromatic N) is 1. The Kier molecular flexibility index (Phi) is 9.37. The van der Waals surface area contributed by atoms with Crippen LogP contribution in [0.5, 0.6) is 5.75 Å². The summed E-state index contributed by atoms with van der Waals surface area (Å²) in [7, 11) is -1.81. The van der Waals surface area contributed by atoms with Crippen LogP contribution in [0.25, 0.3) is 0 Å². The van der Waals surface area contributed by atoms with Gasteiger partial charge in [-0.3, -0.25) is 4.99 Å². The van der Waals surface area contributed by atoms with Crippen molar-refractivity contribution in [1.29, 1.82) is 0 Å². The van der Waals surface area contributed by atoms with Crippen LogP contribution in [0.1, 0.15) is 16.7 Å². The van der Waals surface area contributed by atoms with Gasteiger partial charge in [-0.2, -0.15) is 0 Å². The van der Waals surface area contributed by atoms with Crippen molar-refractivity contribution in [3.8, 4) is 5.75 Å². The molecule has 9 heteroatoms. The average molecular weight is 544 g/mol. The van der Waals surface area contributed by atoms with E-state index in [1.54, 1.807) is 31.3 Å². The fourth-order valence-electron chi connectivity index (χ4n) is 3.11.